The van der Waals surface area contributed by atoms with E-state index >= 15 is 0 Å². The van der Waals surface area contributed by atoms with Gasteiger partial charge in [0.2, 0.25) is 0 Å². The van der Waals surface area contributed by atoms with E-state index in [9.17, 15) is 9.90 Å². The second-order valence-corrected chi connectivity index (χ2v) is 5.00. The molecule has 2 rings (SSSR count). The first kappa shape index (κ1) is 9.47. The van der Waals surface area contributed by atoms with Gasteiger partial charge in [-0.25, -0.2) is 0 Å². The van der Waals surface area contributed by atoms with Crippen LogP contribution in [0.5, 0.6) is 0 Å². The van der Waals surface area contributed by atoms with Gasteiger partial charge in [-0.05, 0) is 37.5 Å². The first-order chi connectivity index (χ1) is 6.09. The summed E-state index contributed by atoms with van der Waals surface area (Å²) in [6, 6.07) is 0. The van der Waals surface area contributed by atoms with Gasteiger partial charge in [-0.2, -0.15) is 0 Å². The van der Waals surface area contributed by atoms with Crippen LogP contribution in [0.2, 0.25) is 0 Å². The van der Waals surface area contributed by atoms with Gasteiger partial charge in [0, 0.05) is 6.42 Å². The van der Waals surface area contributed by atoms with Gasteiger partial charge in [-0.3, -0.25) is 0 Å². The van der Waals surface area contributed by atoms with Crippen molar-refractivity contribution in [2.75, 3.05) is 0 Å². The van der Waals surface area contributed by atoms with Crippen LogP contribution < -0.4 is 0 Å². The van der Waals surface area contributed by atoms with Crippen molar-refractivity contribution in [3.05, 3.63) is 0 Å². The van der Waals surface area contributed by atoms with Gasteiger partial charge >= 0.3 is 0 Å². The monoisotopic (exact) mass is 202 g/mol. The van der Waals surface area contributed by atoms with Crippen LogP contribution in [0.3, 0.4) is 0 Å². The Balaban J connectivity index is 2.02. The molecule has 0 aromatic rings. The van der Waals surface area contributed by atoms with Crippen molar-refractivity contribution in [2.45, 2.75) is 37.7 Å². The summed E-state index contributed by atoms with van der Waals surface area (Å²) >= 11 is 6.08. The molecule has 5 unspecified atom stereocenters. The summed E-state index contributed by atoms with van der Waals surface area (Å²) in [5.41, 5.74) is 0. The van der Waals surface area contributed by atoms with E-state index in [1.165, 1.54) is 0 Å². The number of rotatable bonds is 2. The zero-order chi connectivity index (χ0) is 9.59. The molecule has 2 nitrogen and oxygen atoms in total. The number of ketones is 1. The highest BCUT2D eigenvalue weighted by Gasteiger charge is 2.51. The lowest BCUT2D eigenvalue weighted by Gasteiger charge is -2.28. The van der Waals surface area contributed by atoms with Crippen LogP contribution in [0.4, 0.5) is 0 Å². The second-order valence-electron chi connectivity index (χ2n) is 4.50. The predicted molar refractivity (Wildman–Crippen MR) is 50.6 cm³/mol. The Morgan fingerprint density at radius 3 is 2.69 bits per heavy atom. The van der Waals surface area contributed by atoms with E-state index in [0.29, 0.717) is 24.2 Å². The van der Waals surface area contributed by atoms with Gasteiger partial charge in [-0.1, -0.05) is 0 Å². The fraction of sp³-hybridized carbons (Fsp3) is 0.900. The molecular formula is C10H15ClO2. The van der Waals surface area contributed by atoms with Crippen LogP contribution in [0.15, 0.2) is 0 Å². The molecule has 0 heterocycles. The maximum Gasteiger partial charge on any atom is 0.130 e. The average molecular weight is 203 g/mol. The molecule has 3 heteroatoms. The SMILES string of the molecule is CC(=O)CC1CC2CC1C(Cl)C2O. The van der Waals surface area contributed by atoms with E-state index in [1.54, 1.807) is 6.92 Å². The van der Waals surface area contributed by atoms with Gasteiger partial charge in [0.05, 0.1) is 11.5 Å². The molecular weight excluding hydrogens is 188 g/mol. The highest BCUT2D eigenvalue weighted by Crippen LogP contribution is 2.51. The number of halogens is 1. The van der Waals surface area contributed by atoms with Crippen molar-refractivity contribution in [3.63, 3.8) is 0 Å². The van der Waals surface area contributed by atoms with Gasteiger partial charge < -0.3 is 9.90 Å². The molecule has 0 radical (unpaired) electrons. The van der Waals surface area contributed by atoms with Gasteiger partial charge in [0.15, 0.2) is 0 Å². The van der Waals surface area contributed by atoms with Crippen LogP contribution in [0.1, 0.15) is 26.2 Å². The van der Waals surface area contributed by atoms with E-state index in [0.717, 1.165) is 12.8 Å². The lowest BCUT2D eigenvalue weighted by Crippen LogP contribution is -2.33. The quantitative estimate of drug-likeness (QED) is 0.691. The summed E-state index contributed by atoms with van der Waals surface area (Å²) in [6.45, 7) is 1.63. The third kappa shape index (κ3) is 1.50. The fourth-order valence-corrected chi connectivity index (χ4v) is 3.50. The Kier molecular flexibility index (Phi) is 2.37. The summed E-state index contributed by atoms with van der Waals surface area (Å²) in [5, 5.41) is 9.51. The van der Waals surface area contributed by atoms with Gasteiger partial charge in [0.1, 0.15) is 5.78 Å². The molecule has 2 bridgehead atoms. The molecule has 2 aliphatic carbocycles. The number of alkyl halides is 1. The number of aliphatic hydroxyl groups excluding tert-OH is 1. The molecule has 74 valence electrons. The maximum atomic E-state index is 11.0. The minimum Gasteiger partial charge on any atom is -0.391 e. The van der Waals surface area contributed by atoms with Crippen molar-refractivity contribution in [2.24, 2.45) is 17.8 Å². The molecule has 2 fully saturated rings. The Labute approximate surface area is 83.3 Å². The standard InChI is InChI=1S/C10H15ClO2/c1-5(12)2-6-3-7-4-8(6)9(11)10(7)13/h6-10,13H,2-4H2,1H3. The van der Waals surface area contributed by atoms with Crippen molar-refractivity contribution in [3.8, 4) is 0 Å². The van der Waals surface area contributed by atoms with E-state index in [1.807, 2.05) is 0 Å². The summed E-state index contributed by atoms with van der Waals surface area (Å²) < 4.78 is 0. The minimum atomic E-state index is -0.324. The van der Waals surface area contributed by atoms with Crippen molar-refractivity contribution in [1.82, 2.24) is 0 Å². The van der Waals surface area contributed by atoms with Gasteiger partial charge in [0.25, 0.3) is 0 Å². The summed E-state index contributed by atoms with van der Waals surface area (Å²) in [4.78, 5) is 11.0. The number of fused-ring (bicyclic) bond motifs is 2. The topological polar surface area (TPSA) is 37.3 Å². The molecule has 0 amide bonds. The normalized spacial score (nSPS) is 48.4. The van der Waals surface area contributed by atoms with E-state index in [2.05, 4.69) is 0 Å². The number of carbonyl (C=O) groups is 1. The van der Waals surface area contributed by atoms with E-state index < -0.39 is 0 Å². The Morgan fingerprint density at radius 1 is 1.54 bits per heavy atom. The molecule has 0 spiro atoms. The van der Waals surface area contributed by atoms with Crippen molar-refractivity contribution >= 4 is 17.4 Å². The fourth-order valence-electron chi connectivity index (χ4n) is 2.99. The maximum absolute atomic E-state index is 11.0. The van der Waals surface area contributed by atoms with Crippen LogP contribution in [0.25, 0.3) is 0 Å². The number of hydrogen-bond acceptors (Lipinski definition) is 2. The number of hydrogen-bond donors (Lipinski definition) is 1. The first-order valence-corrected chi connectivity index (χ1v) is 5.35. The van der Waals surface area contributed by atoms with E-state index in [-0.39, 0.29) is 17.3 Å². The van der Waals surface area contributed by atoms with Crippen LogP contribution in [-0.2, 0) is 4.79 Å². The predicted octanol–water partition coefficient (Wildman–Crippen LogP) is 1.59. The third-order valence-corrected chi connectivity index (χ3v) is 4.14. The highest BCUT2D eigenvalue weighted by molar-refractivity contribution is 6.21. The van der Waals surface area contributed by atoms with Crippen LogP contribution in [-0.4, -0.2) is 22.4 Å². The molecule has 1 N–H and O–H groups in total. The Hall–Kier alpha value is -0.0800. The summed E-state index contributed by atoms with van der Waals surface area (Å²) in [5.74, 6) is 1.42. The summed E-state index contributed by atoms with van der Waals surface area (Å²) in [7, 11) is 0. The lowest BCUT2D eigenvalue weighted by atomic mass is 9.84. The first-order valence-electron chi connectivity index (χ1n) is 4.91. The van der Waals surface area contributed by atoms with Crippen LogP contribution >= 0.6 is 11.6 Å². The molecule has 0 aromatic heterocycles. The summed E-state index contributed by atoms with van der Waals surface area (Å²) in [6.07, 6.45) is 2.34. The molecule has 5 atom stereocenters. The molecule has 13 heavy (non-hydrogen) atoms. The average Bonchev–Trinajstić information content (AvgIpc) is 2.53. The van der Waals surface area contributed by atoms with Crippen molar-refractivity contribution < 1.29 is 9.90 Å². The molecule has 2 aliphatic rings. The molecule has 0 aromatic carbocycles. The minimum absolute atomic E-state index is 0.108. The largest absolute Gasteiger partial charge is 0.391 e. The van der Waals surface area contributed by atoms with Crippen molar-refractivity contribution in [1.29, 1.82) is 0 Å². The zero-order valence-corrected chi connectivity index (χ0v) is 8.50. The second kappa shape index (κ2) is 3.25. The third-order valence-electron chi connectivity index (χ3n) is 3.55. The highest BCUT2D eigenvalue weighted by atomic mass is 35.5. The molecule has 0 saturated heterocycles. The molecule has 0 aliphatic heterocycles. The number of carbonyl (C=O) groups excluding carboxylic acids is 1. The Morgan fingerprint density at radius 2 is 2.23 bits per heavy atom. The van der Waals surface area contributed by atoms with Crippen LogP contribution in [0, 0.1) is 17.8 Å². The van der Waals surface area contributed by atoms with Gasteiger partial charge in [-0.15, -0.1) is 11.6 Å². The lowest BCUT2D eigenvalue weighted by molar-refractivity contribution is -0.118. The number of aliphatic hydroxyl groups is 1. The molecule has 2 saturated carbocycles. The Bertz CT molecular complexity index is 227. The van der Waals surface area contributed by atoms with E-state index in [4.69, 9.17) is 11.6 Å². The smallest absolute Gasteiger partial charge is 0.130 e. The number of Topliss-reactive ketones (excluding diaryl/α,β-unsaturated/α-hetero) is 1. The zero-order valence-electron chi connectivity index (χ0n) is 7.74.